The van der Waals surface area contributed by atoms with E-state index in [4.69, 9.17) is 5.73 Å². The van der Waals surface area contributed by atoms with Crippen molar-refractivity contribution in [1.82, 2.24) is 16.0 Å². The van der Waals surface area contributed by atoms with Gasteiger partial charge in [-0.25, -0.2) is 0 Å². The molecule has 0 rings (SSSR count). The molecule has 0 bridgehead atoms. The Morgan fingerprint density at radius 1 is 1.06 bits per heavy atom. The Morgan fingerprint density at radius 2 is 1.65 bits per heavy atom. The standard InChI is InChI=1S/C10H20N4O3/c1-6(2)13-8(15)7(3)14-10(17)9(16)12-5-4-11/h6-7H,4-5,11H2,1-3H3,(H,12,16)(H,13,15)(H,14,17). The van der Waals surface area contributed by atoms with Gasteiger partial charge in [0.2, 0.25) is 5.91 Å². The van der Waals surface area contributed by atoms with Gasteiger partial charge < -0.3 is 21.7 Å². The fourth-order valence-electron chi connectivity index (χ4n) is 1.00. The third-order valence-corrected chi connectivity index (χ3v) is 1.81. The molecule has 0 saturated carbocycles. The number of nitrogens with two attached hydrogens (primary N) is 1. The van der Waals surface area contributed by atoms with Gasteiger partial charge in [0.05, 0.1) is 0 Å². The van der Waals surface area contributed by atoms with Crippen molar-refractivity contribution in [3.63, 3.8) is 0 Å². The summed E-state index contributed by atoms with van der Waals surface area (Å²) in [6.07, 6.45) is 0. The minimum absolute atomic E-state index is 0.0204. The zero-order chi connectivity index (χ0) is 13.4. The third kappa shape index (κ3) is 6.52. The predicted octanol–water partition coefficient (Wildman–Crippen LogP) is -1.91. The first-order chi connectivity index (χ1) is 7.88. The summed E-state index contributed by atoms with van der Waals surface area (Å²) >= 11 is 0. The van der Waals surface area contributed by atoms with Gasteiger partial charge in [-0.05, 0) is 20.8 Å². The van der Waals surface area contributed by atoms with Crippen molar-refractivity contribution in [3.05, 3.63) is 0 Å². The lowest BCUT2D eigenvalue weighted by molar-refractivity contribution is -0.140. The van der Waals surface area contributed by atoms with E-state index in [-0.39, 0.29) is 25.0 Å². The van der Waals surface area contributed by atoms with Crippen LogP contribution in [0.3, 0.4) is 0 Å². The van der Waals surface area contributed by atoms with E-state index in [9.17, 15) is 14.4 Å². The molecule has 98 valence electrons. The van der Waals surface area contributed by atoms with Crippen LogP contribution in [0.25, 0.3) is 0 Å². The van der Waals surface area contributed by atoms with Crippen LogP contribution >= 0.6 is 0 Å². The summed E-state index contributed by atoms with van der Waals surface area (Å²) in [6, 6.07) is -0.776. The first-order valence-electron chi connectivity index (χ1n) is 5.47. The summed E-state index contributed by atoms with van der Waals surface area (Å²) in [7, 11) is 0. The van der Waals surface area contributed by atoms with Crippen LogP contribution in [0.4, 0.5) is 0 Å². The SMILES string of the molecule is CC(C)NC(=O)C(C)NC(=O)C(=O)NCCN. The summed E-state index contributed by atoms with van der Waals surface area (Å²) in [4.78, 5) is 33.9. The van der Waals surface area contributed by atoms with Crippen LogP contribution in [0, 0.1) is 0 Å². The van der Waals surface area contributed by atoms with Crippen LogP contribution in [0.1, 0.15) is 20.8 Å². The van der Waals surface area contributed by atoms with Crippen molar-refractivity contribution in [3.8, 4) is 0 Å². The van der Waals surface area contributed by atoms with E-state index in [1.807, 2.05) is 0 Å². The van der Waals surface area contributed by atoms with Gasteiger partial charge in [0, 0.05) is 19.1 Å². The Balaban J connectivity index is 4.10. The molecule has 3 amide bonds. The molecule has 0 aromatic rings. The van der Waals surface area contributed by atoms with Gasteiger partial charge in [-0.3, -0.25) is 14.4 Å². The zero-order valence-electron chi connectivity index (χ0n) is 10.4. The highest BCUT2D eigenvalue weighted by molar-refractivity contribution is 6.35. The minimum Gasteiger partial charge on any atom is -0.352 e. The van der Waals surface area contributed by atoms with Crippen LogP contribution < -0.4 is 21.7 Å². The molecule has 1 unspecified atom stereocenters. The van der Waals surface area contributed by atoms with Crippen LogP contribution in [0.2, 0.25) is 0 Å². The fourth-order valence-corrected chi connectivity index (χ4v) is 1.00. The summed E-state index contributed by atoms with van der Waals surface area (Å²) in [6.45, 7) is 5.59. The number of hydrogen-bond acceptors (Lipinski definition) is 4. The van der Waals surface area contributed by atoms with Gasteiger partial charge >= 0.3 is 11.8 Å². The molecule has 0 aliphatic heterocycles. The third-order valence-electron chi connectivity index (χ3n) is 1.81. The van der Waals surface area contributed by atoms with E-state index < -0.39 is 17.9 Å². The summed E-state index contributed by atoms with van der Waals surface area (Å²) in [5.74, 6) is -1.97. The first-order valence-corrected chi connectivity index (χ1v) is 5.47. The van der Waals surface area contributed by atoms with E-state index in [0.29, 0.717) is 0 Å². The second-order valence-electron chi connectivity index (χ2n) is 3.90. The molecule has 0 aromatic carbocycles. The molecule has 0 spiro atoms. The molecular formula is C10H20N4O3. The van der Waals surface area contributed by atoms with E-state index in [1.165, 1.54) is 6.92 Å². The molecule has 0 aliphatic rings. The molecule has 1 atom stereocenters. The molecule has 0 aliphatic carbocycles. The molecule has 0 saturated heterocycles. The maximum Gasteiger partial charge on any atom is 0.309 e. The molecular weight excluding hydrogens is 224 g/mol. The summed E-state index contributed by atoms with van der Waals surface area (Å²) < 4.78 is 0. The maximum absolute atomic E-state index is 11.4. The number of carbonyl (C=O) groups is 3. The predicted molar refractivity (Wildman–Crippen MR) is 62.9 cm³/mol. The number of rotatable bonds is 5. The molecule has 0 radical (unpaired) electrons. The van der Waals surface area contributed by atoms with Crippen molar-refractivity contribution < 1.29 is 14.4 Å². The summed E-state index contributed by atoms with van der Waals surface area (Å²) in [5, 5.41) is 7.22. The average Bonchev–Trinajstić information content (AvgIpc) is 2.24. The van der Waals surface area contributed by atoms with Crippen LogP contribution in [0.15, 0.2) is 0 Å². The summed E-state index contributed by atoms with van der Waals surface area (Å²) in [5.41, 5.74) is 5.17. The Kier molecular flexibility index (Phi) is 6.88. The van der Waals surface area contributed by atoms with Gasteiger partial charge in [-0.15, -0.1) is 0 Å². The highest BCUT2D eigenvalue weighted by Gasteiger charge is 2.20. The normalized spacial score (nSPS) is 11.8. The first kappa shape index (κ1) is 15.4. The lowest BCUT2D eigenvalue weighted by Crippen LogP contribution is -2.51. The van der Waals surface area contributed by atoms with Crippen LogP contribution in [0.5, 0.6) is 0 Å². The quantitative estimate of drug-likeness (QED) is 0.423. The Labute approximate surface area is 100 Å². The van der Waals surface area contributed by atoms with E-state index in [2.05, 4.69) is 16.0 Å². The minimum atomic E-state index is -0.843. The number of carbonyl (C=O) groups excluding carboxylic acids is 3. The van der Waals surface area contributed by atoms with Crippen molar-refractivity contribution in [2.75, 3.05) is 13.1 Å². The number of nitrogens with one attached hydrogen (secondary N) is 3. The average molecular weight is 244 g/mol. The fraction of sp³-hybridized carbons (Fsp3) is 0.700. The van der Waals surface area contributed by atoms with Crippen molar-refractivity contribution >= 4 is 17.7 Å². The van der Waals surface area contributed by atoms with Crippen molar-refractivity contribution in [1.29, 1.82) is 0 Å². The Bertz CT molecular complexity index is 291. The van der Waals surface area contributed by atoms with E-state index in [1.54, 1.807) is 13.8 Å². The number of amides is 3. The van der Waals surface area contributed by atoms with Crippen LogP contribution in [-0.4, -0.2) is 42.9 Å². The van der Waals surface area contributed by atoms with Gasteiger partial charge in [-0.2, -0.15) is 0 Å². The molecule has 0 aromatic heterocycles. The molecule has 7 heteroatoms. The second kappa shape index (κ2) is 7.61. The molecule has 17 heavy (non-hydrogen) atoms. The molecule has 7 nitrogen and oxygen atoms in total. The zero-order valence-corrected chi connectivity index (χ0v) is 10.4. The largest absolute Gasteiger partial charge is 0.352 e. The molecule has 0 fully saturated rings. The maximum atomic E-state index is 11.4. The van der Waals surface area contributed by atoms with Gasteiger partial charge in [0.25, 0.3) is 0 Å². The van der Waals surface area contributed by atoms with Gasteiger partial charge in [0.1, 0.15) is 6.04 Å². The number of hydrogen-bond donors (Lipinski definition) is 4. The van der Waals surface area contributed by atoms with Crippen molar-refractivity contribution in [2.24, 2.45) is 5.73 Å². The Morgan fingerprint density at radius 3 is 2.12 bits per heavy atom. The smallest absolute Gasteiger partial charge is 0.309 e. The van der Waals surface area contributed by atoms with Gasteiger partial charge in [-0.1, -0.05) is 0 Å². The monoisotopic (exact) mass is 244 g/mol. The lowest BCUT2D eigenvalue weighted by atomic mass is 10.2. The van der Waals surface area contributed by atoms with E-state index in [0.717, 1.165) is 0 Å². The topological polar surface area (TPSA) is 113 Å². The van der Waals surface area contributed by atoms with Crippen LogP contribution in [-0.2, 0) is 14.4 Å². The Hall–Kier alpha value is -1.63. The van der Waals surface area contributed by atoms with Crippen molar-refractivity contribution in [2.45, 2.75) is 32.9 Å². The van der Waals surface area contributed by atoms with E-state index >= 15 is 0 Å². The molecule has 0 heterocycles. The highest BCUT2D eigenvalue weighted by atomic mass is 16.2. The highest BCUT2D eigenvalue weighted by Crippen LogP contribution is 1.85. The molecule has 5 N–H and O–H groups in total. The lowest BCUT2D eigenvalue weighted by Gasteiger charge is -2.15. The second-order valence-corrected chi connectivity index (χ2v) is 3.90. The van der Waals surface area contributed by atoms with Gasteiger partial charge in [0.15, 0.2) is 0 Å².